The SMILES string of the molecule is C[C@H](CO)NC(=O)c1cnc(Oc2ccc(C(F)(F)F)cc2)c(B(O)O)c1. The average molecular weight is 384 g/mol. The molecule has 144 valence electrons. The van der Waals surface area contributed by atoms with Gasteiger partial charge in [0.05, 0.1) is 17.7 Å². The zero-order valence-corrected chi connectivity index (χ0v) is 14.1. The summed E-state index contributed by atoms with van der Waals surface area (Å²) in [4.78, 5) is 15.8. The van der Waals surface area contributed by atoms with Gasteiger partial charge >= 0.3 is 13.3 Å². The number of aliphatic hydroxyl groups is 1. The van der Waals surface area contributed by atoms with Gasteiger partial charge in [0.15, 0.2) is 0 Å². The molecule has 2 rings (SSSR count). The maximum Gasteiger partial charge on any atom is 0.494 e. The van der Waals surface area contributed by atoms with Crippen LogP contribution < -0.4 is 15.5 Å². The van der Waals surface area contributed by atoms with Crippen molar-refractivity contribution < 1.29 is 37.9 Å². The fourth-order valence-electron chi connectivity index (χ4n) is 2.04. The Balaban J connectivity index is 2.25. The number of halogens is 3. The molecule has 2 aromatic rings. The van der Waals surface area contributed by atoms with Crippen LogP contribution in [0.5, 0.6) is 11.6 Å². The molecule has 4 N–H and O–H groups in total. The summed E-state index contributed by atoms with van der Waals surface area (Å²) < 4.78 is 43.0. The number of carbonyl (C=O) groups is 1. The number of nitrogens with zero attached hydrogens (tertiary/aromatic N) is 1. The van der Waals surface area contributed by atoms with E-state index in [0.717, 1.165) is 36.5 Å². The molecular weight excluding hydrogens is 368 g/mol. The molecule has 0 spiro atoms. The molecular formula is C16H16BF3N2O5. The molecule has 0 bridgehead atoms. The maximum absolute atomic E-state index is 12.6. The van der Waals surface area contributed by atoms with Crippen molar-refractivity contribution in [2.75, 3.05) is 6.61 Å². The van der Waals surface area contributed by atoms with E-state index >= 15 is 0 Å². The third-order valence-corrected chi connectivity index (χ3v) is 3.47. The molecule has 1 amide bonds. The van der Waals surface area contributed by atoms with Gasteiger partial charge in [-0.1, -0.05) is 0 Å². The van der Waals surface area contributed by atoms with Gasteiger partial charge in [-0.05, 0) is 37.3 Å². The van der Waals surface area contributed by atoms with Gasteiger partial charge in [0.25, 0.3) is 5.91 Å². The van der Waals surface area contributed by atoms with Crippen molar-refractivity contribution in [3.05, 3.63) is 47.7 Å². The van der Waals surface area contributed by atoms with Gasteiger partial charge in [-0.3, -0.25) is 4.79 Å². The lowest BCUT2D eigenvalue weighted by Gasteiger charge is -2.14. The van der Waals surface area contributed by atoms with Crippen molar-refractivity contribution in [2.24, 2.45) is 0 Å². The molecule has 11 heteroatoms. The number of hydrogen-bond donors (Lipinski definition) is 4. The Labute approximate surface area is 152 Å². The van der Waals surface area contributed by atoms with E-state index in [0.29, 0.717) is 0 Å². The molecule has 1 heterocycles. The number of aromatic nitrogens is 1. The highest BCUT2D eigenvalue weighted by atomic mass is 19.4. The predicted octanol–water partition coefficient (Wildman–Crippen LogP) is 0.683. The Morgan fingerprint density at radius 3 is 2.44 bits per heavy atom. The van der Waals surface area contributed by atoms with Crippen LogP contribution in [-0.4, -0.2) is 45.8 Å². The highest BCUT2D eigenvalue weighted by Gasteiger charge is 2.30. The lowest BCUT2D eigenvalue weighted by atomic mass is 9.80. The van der Waals surface area contributed by atoms with E-state index in [-0.39, 0.29) is 29.3 Å². The molecule has 0 aliphatic rings. The molecule has 0 radical (unpaired) electrons. The maximum atomic E-state index is 12.6. The molecule has 0 unspecified atom stereocenters. The Kier molecular flexibility index (Phi) is 6.42. The number of benzene rings is 1. The molecule has 7 nitrogen and oxygen atoms in total. The van der Waals surface area contributed by atoms with E-state index in [4.69, 9.17) is 9.84 Å². The van der Waals surface area contributed by atoms with Crippen LogP contribution in [0, 0.1) is 0 Å². The lowest BCUT2D eigenvalue weighted by molar-refractivity contribution is -0.137. The lowest BCUT2D eigenvalue weighted by Crippen LogP contribution is -2.37. The van der Waals surface area contributed by atoms with Crippen LogP contribution in [0.2, 0.25) is 0 Å². The number of alkyl halides is 3. The van der Waals surface area contributed by atoms with Gasteiger partial charge in [0, 0.05) is 17.7 Å². The summed E-state index contributed by atoms with van der Waals surface area (Å²) in [7, 11) is -2.04. The van der Waals surface area contributed by atoms with Crippen LogP contribution >= 0.6 is 0 Å². The minimum atomic E-state index is -4.50. The van der Waals surface area contributed by atoms with Crippen LogP contribution in [0.4, 0.5) is 13.2 Å². The molecule has 1 aromatic heterocycles. The fraction of sp³-hybridized carbons (Fsp3) is 0.250. The monoisotopic (exact) mass is 384 g/mol. The topological polar surface area (TPSA) is 112 Å². The molecule has 0 saturated heterocycles. The second-order valence-electron chi connectivity index (χ2n) is 5.67. The van der Waals surface area contributed by atoms with Crippen LogP contribution in [-0.2, 0) is 6.18 Å². The number of carbonyl (C=O) groups excluding carboxylic acids is 1. The van der Waals surface area contributed by atoms with Crippen LogP contribution in [0.15, 0.2) is 36.5 Å². The number of amides is 1. The second kappa shape index (κ2) is 8.38. The summed E-state index contributed by atoms with van der Waals surface area (Å²) in [6, 6.07) is 4.33. The quantitative estimate of drug-likeness (QED) is 0.546. The molecule has 0 saturated carbocycles. The van der Waals surface area contributed by atoms with Crippen molar-refractivity contribution in [3.8, 4) is 11.6 Å². The molecule has 0 fully saturated rings. The van der Waals surface area contributed by atoms with E-state index in [9.17, 15) is 28.0 Å². The van der Waals surface area contributed by atoms with Crippen molar-refractivity contribution >= 4 is 18.5 Å². The first-order valence-corrected chi connectivity index (χ1v) is 7.74. The second-order valence-corrected chi connectivity index (χ2v) is 5.67. The first-order chi connectivity index (χ1) is 12.6. The Morgan fingerprint density at radius 1 is 1.30 bits per heavy atom. The van der Waals surface area contributed by atoms with Crippen LogP contribution in [0.25, 0.3) is 0 Å². The van der Waals surface area contributed by atoms with E-state index < -0.39 is 30.8 Å². The first kappa shape index (κ1) is 20.7. The van der Waals surface area contributed by atoms with E-state index in [1.165, 1.54) is 0 Å². The third-order valence-electron chi connectivity index (χ3n) is 3.47. The Hall–Kier alpha value is -2.63. The van der Waals surface area contributed by atoms with Gasteiger partial charge < -0.3 is 25.2 Å². The summed E-state index contributed by atoms with van der Waals surface area (Å²) >= 11 is 0. The minimum absolute atomic E-state index is 0.0106. The van der Waals surface area contributed by atoms with Crippen LogP contribution in [0.1, 0.15) is 22.8 Å². The highest BCUT2D eigenvalue weighted by Crippen LogP contribution is 2.31. The van der Waals surface area contributed by atoms with Crippen molar-refractivity contribution in [2.45, 2.75) is 19.1 Å². The van der Waals surface area contributed by atoms with Crippen LogP contribution in [0.3, 0.4) is 0 Å². The largest absolute Gasteiger partial charge is 0.494 e. The van der Waals surface area contributed by atoms with Crippen molar-refractivity contribution in [3.63, 3.8) is 0 Å². The molecule has 1 aromatic carbocycles. The number of nitrogens with one attached hydrogen (secondary N) is 1. The highest BCUT2D eigenvalue weighted by molar-refractivity contribution is 6.59. The zero-order chi connectivity index (χ0) is 20.2. The van der Waals surface area contributed by atoms with E-state index in [1.54, 1.807) is 6.92 Å². The third kappa shape index (κ3) is 5.42. The summed E-state index contributed by atoms with van der Waals surface area (Å²) in [5.41, 5.74) is -1.13. The number of rotatable bonds is 6. The van der Waals surface area contributed by atoms with Gasteiger partial charge in [-0.15, -0.1) is 0 Å². The molecule has 0 aliphatic carbocycles. The first-order valence-electron chi connectivity index (χ1n) is 7.74. The summed E-state index contributed by atoms with van der Waals surface area (Å²) in [6.07, 6.45) is -3.39. The number of ether oxygens (including phenoxy) is 1. The van der Waals surface area contributed by atoms with Gasteiger partial charge in [0.2, 0.25) is 5.88 Å². The summed E-state index contributed by atoms with van der Waals surface area (Å²) in [5, 5.41) is 30.4. The Bertz CT molecular complexity index is 800. The zero-order valence-electron chi connectivity index (χ0n) is 14.1. The molecule has 0 aliphatic heterocycles. The summed E-state index contributed by atoms with van der Waals surface area (Å²) in [6.45, 7) is 1.28. The standard InChI is InChI=1S/C16H16BF3N2O5/c1-9(8-23)22-14(24)10-6-13(17(25)26)15(21-7-10)27-12-4-2-11(3-5-12)16(18,19)20/h2-7,9,23,25-26H,8H2,1H3,(H,22,24)/t9-/m1/s1. The molecule has 27 heavy (non-hydrogen) atoms. The van der Waals surface area contributed by atoms with Crippen molar-refractivity contribution in [1.82, 2.24) is 10.3 Å². The normalized spacial score (nSPS) is 12.4. The number of hydrogen-bond acceptors (Lipinski definition) is 6. The average Bonchev–Trinajstić information content (AvgIpc) is 2.61. The van der Waals surface area contributed by atoms with E-state index in [1.807, 2.05) is 0 Å². The van der Waals surface area contributed by atoms with E-state index in [2.05, 4.69) is 10.3 Å². The van der Waals surface area contributed by atoms with Crippen molar-refractivity contribution in [1.29, 1.82) is 0 Å². The minimum Gasteiger partial charge on any atom is -0.439 e. The Morgan fingerprint density at radius 2 is 1.93 bits per heavy atom. The van der Waals surface area contributed by atoms with Gasteiger partial charge in [0.1, 0.15) is 5.75 Å². The number of pyridine rings is 1. The number of aliphatic hydroxyl groups excluding tert-OH is 1. The fourth-order valence-corrected chi connectivity index (χ4v) is 2.04. The molecule has 1 atom stereocenters. The van der Waals surface area contributed by atoms with Gasteiger partial charge in [-0.25, -0.2) is 4.98 Å². The van der Waals surface area contributed by atoms with Gasteiger partial charge in [-0.2, -0.15) is 13.2 Å². The predicted molar refractivity (Wildman–Crippen MR) is 89.6 cm³/mol. The summed E-state index contributed by atoms with van der Waals surface area (Å²) in [5.74, 6) is -0.896. The smallest absolute Gasteiger partial charge is 0.439 e.